The number of oxazole rings is 1. The number of aromatic nitrogens is 5. The largest absolute Gasteiger partial charge is 0.424 e. The van der Waals surface area contributed by atoms with Gasteiger partial charge in [-0.15, -0.1) is 0 Å². The Morgan fingerprint density at radius 2 is 1.97 bits per heavy atom. The SMILES string of the molecule is NCCOCCC(=O)CCCCCn1nc(-c2ccc3oc(N)nc3c2)c2c(N)ncnc21. The van der Waals surface area contributed by atoms with E-state index in [2.05, 4.69) is 15.0 Å². The molecule has 0 bridgehead atoms. The van der Waals surface area contributed by atoms with Crippen LogP contribution in [0.5, 0.6) is 0 Å². The maximum absolute atomic E-state index is 11.9. The Labute approximate surface area is 190 Å². The number of unbranched alkanes of at least 4 members (excludes halogenated alkanes) is 2. The van der Waals surface area contributed by atoms with Crippen LogP contribution < -0.4 is 17.2 Å². The fraction of sp³-hybridized carbons (Fsp3) is 0.409. The predicted molar refractivity (Wildman–Crippen MR) is 125 cm³/mol. The lowest BCUT2D eigenvalue weighted by molar-refractivity contribution is -0.120. The van der Waals surface area contributed by atoms with Gasteiger partial charge in [0.25, 0.3) is 6.01 Å². The summed E-state index contributed by atoms with van der Waals surface area (Å²) < 4.78 is 12.5. The number of nitrogens with zero attached hydrogens (tertiary/aromatic N) is 5. The fourth-order valence-electron chi connectivity index (χ4n) is 3.74. The van der Waals surface area contributed by atoms with E-state index >= 15 is 0 Å². The molecular weight excluding hydrogens is 424 g/mol. The van der Waals surface area contributed by atoms with Crippen LogP contribution in [0.2, 0.25) is 0 Å². The van der Waals surface area contributed by atoms with Gasteiger partial charge in [0.05, 0.1) is 18.6 Å². The van der Waals surface area contributed by atoms with Crippen molar-refractivity contribution >= 4 is 39.7 Å². The van der Waals surface area contributed by atoms with E-state index in [1.807, 2.05) is 16.8 Å². The number of aryl methyl sites for hydroxylation is 1. The summed E-state index contributed by atoms with van der Waals surface area (Å²) in [6.45, 7) is 2.05. The molecule has 0 amide bonds. The number of carbonyl (C=O) groups is 1. The second-order valence-corrected chi connectivity index (χ2v) is 7.76. The predicted octanol–water partition coefficient (Wildman–Crippen LogP) is 2.29. The number of fused-ring (bicyclic) bond motifs is 2. The smallest absolute Gasteiger partial charge is 0.292 e. The van der Waals surface area contributed by atoms with Crippen molar-refractivity contribution < 1.29 is 13.9 Å². The summed E-state index contributed by atoms with van der Waals surface area (Å²) in [5.74, 6) is 0.576. The summed E-state index contributed by atoms with van der Waals surface area (Å²) in [4.78, 5) is 24.7. The molecule has 3 aromatic heterocycles. The van der Waals surface area contributed by atoms with Gasteiger partial charge in [0, 0.05) is 31.5 Å². The second kappa shape index (κ2) is 10.4. The van der Waals surface area contributed by atoms with Gasteiger partial charge in [0.2, 0.25) is 0 Å². The number of Topliss-reactive ketones (excluding diaryl/α,β-unsaturated/α-hetero) is 1. The van der Waals surface area contributed by atoms with Crippen molar-refractivity contribution in [3.63, 3.8) is 0 Å². The zero-order chi connectivity index (χ0) is 23.2. The lowest BCUT2D eigenvalue weighted by atomic mass is 10.1. The first kappa shape index (κ1) is 22.6. The standard InChI is InChI=1S/C22H28N8O3/c23-8-11-32-10-7-15(31)4-2-1-3-9-30-21-18(20(24)26-13-27-21)19(29-30)14-5-6-17-16(12-14)28-22(25)33-17/h5-6,12-13H,1-4,7-11,23H2,(H2,25,28)(H2,24,26,27). The lowest BCUT2D eigenvalue weighted by Crippen LogP contribution is -2.11. The molecule has 1 aromatic carbocycles. The van der Waals surface area contributed by atoms with E-state index in [9.17, 15) is 4.79 Å². The van der Waals surface area contributed by atoms with E-state index in [0.29, 0.717) is 72.8 Å². The Hall–Kier alpha value is -3.57. The molecule has 0 saturated carbocycles. The summed E-state index contributed by atoms with van der Waals surface area (Å²) in [6.07, 6.45) is 5.00. The van der Waals surface area contributed by atoms with Crippen LogP contribution in [0.4, 0.5) is 11.8 Å². The van der Waals surface area contributed by atoms with E-state index in [1.165, 1.54) is 6.33 Å². The van der Waals surface area contributed by atoms with Crippen LogP contribution in [-0.4, -0.2) is 50.3 Å². The average Bonchev–Trinajstić information content (AvgIpc) is 3.36. The molecular formula is C22H28N8O3. The highest BCUT2D eigenvalue weighted by molar-refractivity contribution is 5.99. The van der Waals surface area contributed by atoms with E-state index in [4.69, 9.17) is 31.5 Å². The molecule has 11 nitrogen and oxygen atoms in total. The minimum atomic E-state index is 0.113. The van der Waals surface area contributed by atoms with Crippen LogP contribution in [0.1, 0.15) is 32.1 Å². The number of hydrogen-bond acceptors (Lipinski definition) is 10. The Morgan fingerprint density at radius 1 is 1.09 bits per heavy atom. The highest BCUT2D eigenvalue weighted by Crippen LogP contribution is 2.32. The Kier molecular flexibility index (Phi) is 7.10. The normalized spacial score (nSPS) is 11.5. The molecule has 0 aliphatic carbocycles. The highest BCUT2D eigenvalue weighted by Gasteiger charge is 2.18. The third-order valence-electron chi connectivity index (χ3n) is 5.35. The quantitative estimate of drug-likeness (QED) is 0.270. The number of hydrogen-bond donors (Lipinski definition) is 3. The van der Waals surface area contributed by atoms with Crippen LogP contribution in [0.3, 0.4) is 0 Å². The molecule has 11 heteroatoms. The number of nitrogen functional groups attached to an aromatic ring is 2. The number of benzene rings is 1. The number of anilines is 2. The van der Waals surface area contributed by atoms with Crippen molar-refractivity contribution in [3.8, 4) is 11.3 Å². The first-order chi connectivity index (χ1) is 16.1. The number of ether oxygens (including phenoxy) is 1. The number of nitrogens with two attached hydrogens (primary N) is 3. The van der Waals surface area contributed by atoms with Crippen LogP contribution >= 0.6 is 0 Å². The van der Waals surface area contributed by atoms with Gasteiger partial charge in [-0.2, -0.15) is 10.1 Å². The molecule has 0 fully saturated rings. The Balaban J connectivity index is 1.42. The third-order valence-corrected chi connectivity index (χ3v) is 5.35. The topological polar surface area (TPSA) is 174 Å². The summed E-state index contributed by atoms with van der Waals surface area (Å²) in [5, 5.41) is 5.47. The van der Waals surface area contributed by atoms with E-state index in [1.54, 1.807) is 6.07 Å². The van der Waals surface area contributed by atoms with Crippen molar-refractivity contribution in [3.05, 3.63) is 24.5 Å². The summed E-state index contributed by atoms with van der Waals surface area (Å²) in [6, 6.07) is 5.66. The summed E-state index contributed by atoms with van der Waals surface area (Å²) in [7, 11) is 0. The molecule has 0 unspecified atom stereocenters. The minimum Gasteiger partial charge on any atom is -0.424 e. The molecule has 33 heavy (non-hydrogen) atoms. The van der Waals surface area contributed by atoms with Gasteiger partial charge in [-0.3, -0.25) is 4.79 Å². The van der Waals surface area contributed by atoms with Gasteiger partial charge in [-0.05, 0) is 31.0 Å². The lowest BCUT2D eigenvalue weighted by Gasteiger charge is -2.04. The van der Waals surface area contributed by atoms with Gasteiger partial charge < -0.3 is 26.4 Å². The minimum absolute atomic E-state index is 0.113. The van der Waals surface area contributed by atoms with E-state index in [0.717, 1.165) is 24.8 Å². The molecule has 6 N–H and O–H groups in total. The van der Waals surface area contributed by atoms with Crippen molar-refractivity contribution in [1.82, 2.24) is 24.7 Å². The zero-order valence-electron chi connectivity index (χ0n) is 18.4. The molecule has 0 aliphatic rings. The van der Waals surface area contributed by atoms with Crippen molar-refractivity contribution in [1.29, 1.82) is 0 Å². The van der Waals surface area contributed by atoms with E-state index in [-0.39, 0.29) is 11.8 Å². The molecule has 4 aromatic rings. The number of rotatable bonds is 12. The Morgan fingerprint density at radius 3 is 2.82 bits per heavy atom. The molecule has 3 heterocycles. The van der Waals surface area contributed by atoms with Gasteiger partial charge >= 0.3 is 0 Å². The van der Waals surface area contributed by atoms with Crippen molar-refractivity contribution in [2.75, 3.05) is 31.2 Å². The first-order valence-electron chi connectivity index (χ1n) is 11.0. The van der Waals surface area contributed by atoms with Crippen LogP contribution in [0.15, 0.2) is 28.9 Å². The van der Waals surface area contributed by atoms with Crippen LogP contribution in [0, 0.1) is 0 Å². The maximum atomic E-state index is 11.9. The number of ketones is 1. The molecule has 0 aliphatic heterocycles. The van der Waals surface area contributed by atoms with Gasteiger partial charge in [-0.25, -0.2) is 14.6 Å². The maximum Gasteiger partial charge on any atom is 0.292 e. The monoisotopic (exact) mass is 452 g/mol. The molecule has 0 radical (unpaired) electrons. The van der Waals surface area contributed by atoms with E-state index < -0.39 is 0 Å². The fourth-order valence-corrected chi connectivity index (χ4v) is 3.74. The zero-order valence-corrected chi connectivity index (χ0v) is 18.4. The number of carbonyl (C=O) groups excluding carboxylic acids is 1. The second-order valence-electron chi connectivity index (χ2n) is 7.76. The molecule has 0 atom stereocenters. The summed E-state index contributed by atoms with van der Waals surface area (Å²) >= 11 is 0. The van der Waals surface area contributed by atoms with Crippen LogP contribution in [-0.2, 0) is 16.1 Å². The summed E-state index contributed by atoms with van der Waals surface area (Å²) in [5.41, 5.74) is 20.6. The molecule has 174 valence electrons. The van der Waals surface area contributed by atoms with Gasteiger partial charge in [0.15, 0.2) is 11.2 Å². The van der Waals surface area contributed by atoms with Crippen molar-refractivity contribution in [2.24, 2.45) is 5.73 Å². The van der Waals surface area contributed by atoms with Gasteiger partial charge in [-0.1, -0.05) is 6.42 Å². The first-order valence-corrected chi connectivity index (χ1v) is 11.0. The van der Waals surface area contributed by atoms with Crippen LogP contribution in [0.25, 0.3) is 33.4 Å². The third kappa shape index (κ3) is 5.26. The molecule has 4 rings (SSSR count). The highest BCUT2D eigenvalue weighted by atomic mass is 16.5. The van der Waals surface area contributed by atoms with Gasteiger partial charge in [0.1, 0.15) is 29.1 Å². The van der Waals surface area contributed by atoms with Crippen molar-refractivity contribution in [2.45, 2.75) is 38.6 Å². The Bertz CT molecular complexity index is 1250. The average molecular weight is 453 g/mol. The molecule has 0 saturated heterocycles. The molecule has 0 spiro atoms.